The first kappa shape index (κ1) is 18.7. The van der Waals surface area contributed by atoms with Gasteiger partial charge in [0.05, 0.1) is 6.42 Å². The molecule has 1 aromatic rings. The maximum atomic E-state index is 11.9. The number of ether oxygens (including phenoxy) is 1. The zero-order valence-corrected chi connectivity index (χ0v) is 15.5. The molecule has 6 nitrogen and oxygen atoms in total. The molecule has 1 aliphatic heterocycles. The van der Waals surface area contributed by atoms with Crippen molar-refractivity contribution in [3.05, 3.63) is 28.7 Å². The Morgan fingerprint density at radius 3 is 2.79 bits per heavy atom. The van der Waals surface area contributed by atoms with Crippen molar-refractivity contribution in [3.8, 4) is 0 Å². The number of benzene rings is 1. The predicted molar refractivity (Wildman–Crippen MR) is 97.0 cm³/mol. The van der Waals surface area contributed by atoms with Crippen molar-refractivity contribution in [1.29, 1.82) is 0 Å². The van der Waals surface area contributed by atoms with Crippen LogP contribution in [0.15, 0.2) is 28.7 Å². The summed E-state index contributed by atoms with van der Waals surface area (Å²) >= 11 is 3.34. The van der Waals surface area contributed by atoms with Gasteiger partial charge >= 0.3 is 12.0 Å². The second-order valence-electron chi connectivity index (χ2n) is 5.79. The van der Waals surface area contributed by atoms with Crippen molar-refractivity contribution in [2.24, 2.45) is 0 Å². The third-order valence-electron chi connectivity index (χ3n) is 3.92. The van der Waals surface area contributed by atoms with E-state index in [-0.39, 0.29) is 31.1 Å². The summed E-state index contributed by atoms with van der Waals surface area (Å²) in [5, 5.41) is 5.37. The summed E-state index contributed by atoms with van der Waals surface area (Å²) < 4.78 is 6.42. The van der Waals surface area contributed by atoms with E-state index in [1.807, 2.05) is 12.1 Å². The third-order valence-corrected chi connectivity index (χ3v) is 4.45. The largest absolute Gasteiger partial charge is 0.461 e. The summed E-state index contributed by atoms with van der Waals surface area (Å²) in [7, 11) is 0. The predicted octanol–water partition coefficient (Wildman–Crippen LogP) is 2.99. The van der Waals surface area contributed by atoms with Gasteiger partial charge in [-0.15, -0.1) is 0 Å². The van der Waals surface area contributed by atoms with Crippen molar-refractivity contribution >= 4 is 33.6 Å². The van der Waals surface area contributed by atoms with Gasteiger partial charge in [0, 0.05) is 23.2 Å². The zero-order chi connectivity index (χ0) is 17.4. The number of hydrogen-bond acceptors (Lipinski definition) is 4. The van der Waals surface area contributed by atoms with Gasteiger partial charge in [0.1, 0.15) is 6.10 Å². The van der Waals surface area contributed by atoms with E-state index >= 15 is 0 Å². The number of nitrogens with one attached hydrogen (secondary N) is 2. The number of esters is 1. The topological polar surface area (TPSA) is 70.7 Å². The molecule has 132 valence electrons. The van der Waals surface area contributed by atoms with Crippen LogP contribution in [0.25, 0.3) is 0 Å². The van der Waals surface area contributed by atoms with E-state index in [2.05, 4.69) is 38.4 Å². The second kappa shape index (κ2) is 9.64. The number of carbonyl (C=O) groups excluding carboxylic acids is 2. The molecule has 0 bridgehead atoms. The van der Waals surface area contributed by atoms with Gasteiger partial charge in [0.25, 0.3) is 0 Å². The average molecular weight is 398 g/mol. The van der Waals surface area contributed by atoms with Gasteiger partial charge in [0.2, 0.25) is 0 Å². The minimum absolute atomic E-state index is 0.0252. The Morgan fingerprint density at radius 1 is 1.33 bits per heavy atom. The Hall–Kier alpha value is -1.60. The second-order valence-corrected chi connectivity index (χ2v) is 6.70. The molecule has 1 aliphatic rings. The molecule has 2 N–H and O–H groups in total. The first-order chi connectivity index (χ1) is 11.6. The lowest BCUT2D eigenvalue weighted by Crippen LogP contribution is -2.40. The average Bonchev–Trinajstić information content (AvgIpc) is 2.57. The van der Waals surface area contributed by atoms with Crippen molar-refractivity contribution in [1.82, 2.24) is 10.2 Å². The van der Waals surface area contributed by atoms with Gasteiger partial charge in [-0.2, -0.15) is 0 Å². The molecule has 1 saturated heterocycles. The van der Waals surface area contributed by atoms with Gasteiger partial charge in [-0.05, 0) is 50.2 Å². The van der Waals surface area contributed by atoms with Crippen LogP contribution in [-0.4, -0.2) is 49.2 Å². The highest BCUT2D eigenvalue weighted by atomic mass is 79.9. The van der Waals surface area contributed by atoms with E-state index in [1.165, 1.54) is 0 Å². The highest BCUT2D eigenvalue weighted by Crippen LogP contribution is 2.14. The van der Waals surface area contributed by atoms with Gasteiger partial charge < -0.3 is 15.4 Å². The number of amides is 2. The van der Waals surface area contributed by atoms with Crippen LogP contribution in [-0.2, 0) is 9.53 Å². The fraction of sp³-hybridized carbons (Fsp3) is 0.529. The van der Waals surface area contributed by atoms with Crippen molar-refractivity contribution < 1.29 is 14.3 Å². The minimum Gasteiger partial charge on any atom is -0.461 e. The molecule has 0 spiro atoms. The molecule has 1 heterocycles. The lowest BCUT2D eigenvalue weighted by molar-refractivity contribution is -0.151. The van der Waals surface area contributed by atoms with E-state index in [0.29, 0.717) is 5.69 Å². The molecule has 2 rings (SSSR count). The van der Waals surface area contributed by atoms with Gasteiger partial charge in [0.15, 0.2) is 0 Å². The van der Waals surface area contributed by atoms with Crippen LogP contribution in [0.4, 0.5) is 10.5 Å². The molecule has 0 aromatic heterocycles. The number of likely N-dealkylation sites (tertiary alicyclic amines) is 1. The number of urea groups is 1. The van der Waals surface area contributed by atoms with Crippen molar-refractivity contribution in [2.45, 2.75) is 32.3 Å². The Labute approximate surface area is 151 Å². The number of nitrogens with zero attached hydrogens (tertiary/aromatic N) is 1. The Bertz CT molecular complexity index is 551. The SMILES string of the molecule is CCN1CCCC(OC(=O)CCNC(=O)Nc2ccc(Br)cc2)C1. The molecular weight excluding hydrogens is 374 g/mol. The van der Waals surface area contributed by atoms with Crippen LogP contribution in [0.5, 0.6) is 0 Å². The molecule has 1 unspecified atom stereocenters. The number of rotatable bonds is 6. The Balaban J connectivity index is 1.63. The summed E-state index contributed by atoms with van der Waals surface area (Å²) in [6.07, 6.45) is 2.12. The molecule has 1 aromatic carbocycles. The maximum Gasteiger partial charge on any atom is 0.319 e. The summed E-state index contributed by atoms with van der Waals surface area (Å²) in [6, 6.07) is 6.94. The summed E-state index contributed by atoms with van der Waals surface area (Å²) in [4.78, 5) is 25.9. The third kappa shape index (κ3) is 6.49. The molecule has 0 saturated carbocycles. The van der Waals surface area contributed by atoms with Crippen LogP contribution in [0.2, 0.25) is 0 Å². The number of likely N-dealkylation sites (N-methyl/N-ethyl adjacent to an activating group) is 1. The lowest BCUT2D eigenvalue weighted by Gasteiger charge is -2.31. The minimum atomic E-state index is -0.333. The number of carbonyl (C=O) groups is 2. The Kier molecular flexibility index (Phi) is 7.52. The summed E-state index contributed by atoms with van der Waals surface area (Å²) in [5.74, 6) is -0.262. The normalized spacial score (nSPS) is 18.0. The molecular formula is C17H24BrN3O3. The number of anilines is 1. The first-order valence-electron chi connectivity index (χ1n) is 8.29. The highest BCUT2D eigenvalue weighted by Gasteiger charge is 2.21. The summed E-state index contributed by atoms with van der Waals surface area (Å²) in [6.45, 7) is 5.22. The molecule has 2 amide bonds. The van der Waals surface area contributed by atoms with Gasteiger partial charge in [-0.3, -0.25) is 9.69 Å². The number of hydrogen-bond donors (Lipinski definition) is 2. The van der Waals surface area contributed by atoms with E-state index in [9.17, 15) is 9.59 Å². The molecule has 0 aliphatic carbocycles. The van der Waals surface area contributed by atoms with Crippen LogP contribution in [0.3, 0.4) is 0 Å². The van der Waals surface area contributed by atoms with Crippen LogP contribution in [0.1, 0.15) is 26.2 Å². The molecule has 1 atom stereocenters. The zero-order valence-electron chi connectivity index (χ0n) is 13.9. The van der Waals surface area contributed by atoms with Crippen molar-refractivity contribution in [3.63, 3.8) is 0 Å². The van der Waals surface area contributed by atoms with Crippen LogP contribution in [0, 0.1) is 0 Å². The fourth-order valence-corrected chi connectivity index (χ4v) is 2.89. The van der Waals surface area contributed by atoms with Crippen LogP contribution < -0.4 is 10.6 Å². The van der Waals surface area contributed by atoms with Gasteiger partial charge in [-0.25, -0.2) is 4.79 Å². The first-order valence-corrected chi connectivity index (χ1v) is 9.08. The molecule has 1 fully saturated rings. The van der Waals surface area contributed by atoms with E-state index in [1.54, 1.807) is 12.1 Å². The van der Waals surface area contributed by atoms with E-state index < -0.39 is 0 Å². The summed E-state index contributed by atoms with van der Waals surface area (Å²) in [5.41, 5.74) is 0.695. The molecule has 0 radical (unpaired) electrons. The highest BCUT2D eigenvalue weighted by molar-refractivity contribution is 9.10. The molecule has 7 heteroatoms. The van der Waals surface area contributed by atoms with E-state index in [4.69, 9.17) is 4.74 Å². The number of piperidine rings is 1. The van der Waals surface area contributed by atoms with Gasteiger partial charge in [-0.1, -0.05) is 22.9 Å². The number of halogens is 1. The lowest BCUT2D eigenvalue weighted by atomic mass is 10.1. The Morgan fingerprint density at radius 2 is 2.08 bits per heavy atom. The molecule has 24 heavy (non-hydrogen) atoms. The van der Waals surface area contributed by atoms with Crippen LogP contribution >= 0.6 is 15.9 Å². The maximum absolute atomic E-state index is 11.9. The standard InChI is InChI=1S/C17H24BrN3O3/c1-2-21-11-3-4-15(12-21)24-16(22)9-10-19-17(23)20-14-7-5-13(18)6-8-14/h5-8,15H,2-4,9-12H2,1H3,(H2,19,20,23). The van der Waals surface area contributed by atoms with Crippen molar-refractivity contribution in [2.75, 3.05) is 31.5 Å². The monoisotopic (exact) mass is 397 g/mol. The smallest absolute Gasteiger partial charge is 0.319 e. The fourth-order valence-electron chi connectivity index (χ4n) is 2.63. The quantitative estimate of drug-likeness (QED) is 0.723. The van der Waals surface area contributed by atoms with E-state index in [0.717, 1.165) is 36.9 Å².